The average Bonchev–Trinajstić information content (AvgIpc) is 2.45. The minimum atomic E-state index is 0.0216. The van der Waals surface area contributed by atoms with Gasteiger partial charge in [0.25, 0.3) is 0 Å². The molecule has 0 aliphatic heterocycles. The molecule has 1 amide bonds. The SMILES string of the molecule is CCCOc1ccc(NC(=O)CC(CN)CC(C)C)cc1. The maximum atomic E-state index is 12.0. The summed E-state index contributed by atoms with van der Waals surface area (Å²) in [4.78, 5) is 12.0. The number of amides is 1. The number of hydrogen-bond acceptors (Lipinski definition) is 3. The zero-order valence-corrected chi connectivity index (χ0v) is 13.4. The second-order valence-electron chi connectivity index (χ2n) is 5.86. The fourth-order valence-electron chi connectivity index (χ4n) is 2.26. The van der Waals surface area contributed by atoms with Gasteiger partial charge in [-0.15, -0.1) is 0 Å². The Hall–Kier alpha value is -1.55. The van der Waals surface area contributed by atoms with Crippen molar-refractivity contribution in [1.29, 1.82) is 0 Å². The van der Waals surface area contributed by atoms with E-state index in [1.54, 1.807) is 0 Å². The van der Waals surface area contributed by atoms with Gasteiger partial charge < -0.3 is 15.8 Å². The normalized spacial score (nSPS) is 12.2. The van der Waals surface area contributed by atoms with Crippen LogP contribution in [0.4, 0.5) is 5.69 Å². The van der Waals surface area contributed by atoms with Gasteiger partial charge in [-0.2, -0.15) is 0 Å². The highest BCUT2D eigenvalue weighted by atomic mass is 16.5. The van der Waals surface area contributed by atoms with Gasteiger partial charge in [-0.05, 0) is 55.5 Å². The topological polar surface area (TPSA) is 64.3 Å². The third kappa shape index (κ3) is 7.14. The molecule has 0 aliphatic carbocycles. The molecular formula is C17H28N2O2. The van der Waals surface area contributed by atoms with Gasteiger partial charge in [-0.1, -0.05) is 20.8 Å². The maximum absolute atomic E-state index is 12.0. The Kier molecular flexibility index (Phi) is 7.83. The second-order valence-corrected chi connectivity index (χ2v) is 5.86. The molecule has 0 aromatic heterocycles. The molecule has 0 heterocycles. The Morgan fingerprint density at radius 2 is 1.95 bits per heavy atom. The molecule has 4 heteroatoms. The van der Waals surface area contributed by atoms with Crippen LogP contribution >= 0.6 is 0 Å². The molecule has 0 saturated heterocycles. The van der Waals surface area contributed by atoms with Crippen molar-refractivity contribution in [3.8, 4) is 5.75 Å². The lowest BCUT2D eigenvalue weighted by atomic mass is 9.94. The maximum Gasteiger partial charge on any atom is 0.224 e. The molecule has 0 radical (unpaired) electrons. The minimum absolute atomic E-state index is 0.0216. The van der Waals surface area contributed by atoms with Gasteiger partial charge >= 0.3 is 0 Å². The van der Waals surface area contributed by atoms with Crippen molar-refractivity contribution in [3.63, 3.8) is 0 Å². The van der Waals surface area contributed by atoms with E-state index in [0.29, 0.717) is 25.5 Å². The van der Waals surface area contributed by atoms with Crippen LogP contribution in [0.3, 0.4) is 0 Å². The van der Waals surface area contributed by atoms with Crippen molar-refractivity contribution in [3.05, 3.63) is 24.3 Å². The lowest BCUT2D eigenvalue weighted by Gasteiger charge is -2.16. The molecule has 1 aromatic rings. The molecule has 0 saturated carbocycles. The number of anilines is 1. The number of nitrogens with two attached hydrogens (primary N) is 1. The van der Waals surface area contributed by atoms with Gasteiger partial charge in [0.1, 0.15) is 5.75 Å². The molecule has 1 aromatic carbocycles. The summed E-state index contributed by atoms with van der Waals surface area (Å²) < 4.78 is 5.51. The molecule has 118 valence electrons. The smallest absolute Gasteiger partial charge is 0.224 e. The van der Waals surface area contributed by atoms with Gasteiger partial charge in [0.05, 0.1) is 6.61 Å². The fraction of sp³-hybridized carbons (Fsp3) is 0.588. The Bertz CT molecular complexity index is 415. The van der Waals surface area contributed by atoms with E-state index in [1.165, 1.54) is 0 Å². The summed E-state index contributed by atoms with van der Waals surface area (Å²) in [5.74, 6) is 1.65. The Morgan fingerprint density at radius 1 is 1.29 bits per heavy atom. The highest BCUT2D eigenvalue weighted by molar-refractivity contribution is 5.90. The fourth-order valence-corrected chi connectivity index (χ4v) is 2.26. The highest BCUT2D eigenvalue weighted by Gasteiger charge is 2.14. The number of carbonyl (C=O) groups excluding carboxylic acids is 1. The van der Waals surface area contributed by atoms with E-state index in [2.05, 4.69) is 26.1 Å². The summed E-state index contributed by atoms with van der Waals surface area (Å²) >= 11 is 0. The molecule has 4 nitrogen and oxygen atoms in total. The number of carbonyl (C=O) groups is 1. The summed E-state index contributed by atoms with van der Waals surface area (Å²) in [6, 6.07) is 7.48. The molecule has 1 unspecified atom stereocenters. The molecule has 0 spiro atoms. The molecule has 0 aliphatic rings. The van der Waals surface area contributed by atoms with Crippen LogP contribution in [-0.2, 0) is 4.79 Å². The van der Waals surface area contributed by atoms with Crippen LogP contribution in [0.2, 0.25) is 0 Å². The van der Waals surface area contributed by atoms with Crippen molar-refractivity contribution >= 4 is 11.6 Å². The van der Waals surface area contributed by atoms with Gasteiger partial charge in [0, 0.05) is 12.1 Å². The van der Waals surface area contributed by atoms with E-state index < -0.39 is 0 Å². The standard InChI is InChI=1S/C17H28N2O2/c1-4-9-21-16-7-5-15(6-8-16)19-17(20)11-14(12-18)10-13(2)3/h5-8,13-14H,4,9-12,18H2,1-3H3,(H,19,20). The van der Waals surface area contributed by atoms with Crippen LogP contribution < -0.4 is 15.8 Å². The number of ether oxygens (including phenoxy) is 1. The van der Waals surface area contributed by atoms with Crippen molar-refractivity contribution in [2.75, 3.05) is 18.5 Å². The van der Waals surface area contributed by atoms with Crippen molar-refractivity contribution in [2.45, 2.75) is 40.0 Å². The lowest BCUT2D eigenvalue weighted by molar-refractivity contribution is -0.117. The third-order valence-corrected chi connectivity index (χ3v) is 3.22. The van der Waals surface area contributed by atoms with E-state index in [0.717, 1.165) is 24.3 Å². The molecule has 1 rings (SSSR count). The average molecular weight is 292 g/mol. The summed E-state index contributed by atoms with van der Waals surface area (Å²) in [7, 11) is 0. The van der Waals surface area contributed by atoms with Crippen LogP contribution in [0.5, 0.6) is 5.75 Å². The first-order valence-corrected chi connectivity index (χ1v) is 7.77. The van der Waals surface area contributed by atoms with E-state index in [4.69, 9.17) is 10.5 Å². The first-order valence-electron chi connectivity index (χ1n) is 7.77. The predicted molar refractivity (Wildman–Crippen MR) is 87.5 cm³/mol. The number of rotatable bonds is 9. The number of hydrogen-bond donors (Lipinski definition) is 2. The van der Waals surface area contributed by atoms with E-state index in [-0.39, 0.29) is 11.8 Å². The van der Waals surface area contributed by atoms with Crippen molar-refractivity contribution < 1.29 is 9.53 Å². The van der Waals surface area contributed by atoms with Gasteiger partial charge in [-0.3, -0.25) is 4.79 Å². The summed E-state index contributed by atoms with van der Waals surface area (Å²) in [5.41, 5.74) is 6.53. The Morgan fingerprint density at radius 3 is 2.48 bits per heavy atom. The van der Waals surface area contributed by atoms with Crippen LogP contribution in [0, 0.1) is 11.8 Å². The van der Waals surface area contributed by atoms with Crippen LogP contribution in [0.25, 0.3) is 0 Å². The monoisotopic (exact) mass is 292 g/mol. The van der Waals surface area contributed by atoms with Gasteiger partial charge in [0.2, 0.25) is 5.91 Å². The largest absolute Gasteiger partial charge is 0.494 e. The summed E-state index contributed by atoms with van der Waals surface area (Å²) in [6.45, 7) is 7.62. The third-order valence-electron chi connectivity index (χ3n) is 3.22. The minimum Gasteiger partial charge on any atom is -0.494 e. The molecule has 21 heavy (non-hydrogen) atoms. The first-order chi connectivity index (χ1) is 10.0. The predicted octanol–water partition coefficient (Wildman–Crippen LogP) is 3.43. The molecule has 0 bridgehead atoms. The molecule has 0 fully saturated rings. The van der Waals surface area contributed by atoms with Crippen LogP contribution in [0.1, 0.15) is 40.0 Å². The van der Waals surface area contributed by atoms with Crippen molar-refractivity contribution in [2.24, 2.45) is 17.6 Å². The first kappa shape index (κ1) is 17.5. The quantitative estimate of drug-likeness (QED) is 0.733. The van der Waals surface area contributed by atoms with Crippen LogP contribution in [0.15, 0.2) is 24.3 Å². The van der Waals surface area contributed by atoms with Crippen LogP contribution in [-0.4, -0.2) is 19.1 Å². The van der Waals surface area contributed by atoms with E-state index in [1.807, 2.05) is 24.3 Å². The van der Waals surface area contributed by atoms with E-state index >= 15 is 0 Å². The molecular weight excluding hydrogens is 264 g/mol. The van der Waals surface area contributed by atoms with Crippen molar-refractivity contribution in [1.82, 2.24) is 0 Å². The molecule has 3 N–H and O–H groups in total. The zero-order valence-electron chi connectivity index (χ0n) is 13.4. The summed E-state index contributed by atoms with van der Waals surface area (Å²) in [5, 5.41) is 2.91. The zero-order chi connectivity index (χ0) is 15.7. The second kappa shape index (κ2) is 9.40. The number of benzene rings is 1. The lowest BCUT2D eigenvalue weighted by Crippen LogP contribution is -2.23. The number of nitrogens with one attached hydrogen (secondary N) is 1. The van der Waals surface area contributed by atoms with E-state index in [9.17, 15) is 4.79 Å². The van der Waals surface area contributed by atoms with Gasteiger partial charge in [-0.25, -0.2) is 0 Å². The highest BCUT2D eigenvalue weighted by Crippen LogP contribution is 2.18. The summed E-state index contributed by atoms with van der Waals surface area (Å²) in [6.07, 6.45) is 2.44. The Labute approximate surface area is 128 Å². The Balaban J connectivity index is 2.46. The van der Waals surface area contributed by atoms with Gasteiger partial charge in [0.15, 0.2) is 0 Å². The molecule has 1 atom stereocenters.